The minimum atomic E-state index is -0.647. The van der Waals surface area contributed by atoms with Crippen molar-refractivity contribution >= 4 is 10.8 Å². The number of hydrogen-bond donors (Lipinski definition) is 2. The van der Waals surface area contributed by atoms with Gasteiger partial charge in [-0.1, -0.05) is 43.3 Å². The average molecular weight is 284 g/mol. The number of nitriles is 1. The first-order valence-corrected chi connectivity index (χ1v) is 7.16. The summed E-state index contributed by atoms with van der Waals surface area (Å²) in [6.07, 6.45) is 0.0688. The highest BCUT2D eigenvalue weighted by Gasteiger charge is 2.10. The smallest absolute Gasteiger partial charge is 0.127 e. The molecular weight excluding hydrogens is 264 g/mol. The van der Waals surface area contributed by atoms with Gasteiger partial charge in [0, 0.05) is 11.9 Å². The van der Waals surface area contributed by atoms with Crippen LogP contribution in [0, 0.1) is 11.3 Å². The summed E-state index contributed by atoms with van der Waals surface area (Å²) < 4.78 is 5.71. The molecule has 110 valence electrons. The number of nitrogens with one attached hydrogen (secondary N) is 1. The van der Waals surface area contributed by atoms with E-state index in [1.165, 1.54) is 0 Å². The molecular formula is C17H20N2O2. The number of rotatable bonds is 7. The van der Waals surface area contributed by atoms with Crippen molar-refractivity contribution in [3.05, 3.63) is 42.5 Å². The van der Waals surface area contributed by atoms with Gasteiger partial charge in [-0.05, 0) is 17.9 Å². The number of hydrogen-bond acceptors (Lipinski definition) is 4. The van der Waals surface area contributed by atoms with Crippen LogP contribution in [0.15, 0.2) is 42.5 Å². The second-order valence-electron chi connectivity index (χ2n) is 4.94. The van der Waals surface area contributed by atoms with Gasteiger partial charge in [-0.3, -0.25) is 5.32 Å². The van der Waals surface area contributed by atoms with Crippen LogP contribution in [0.5, 0.6) is 5.75 Å². The van der Waals surface area contributed by atoms with Crippen molar-refractivity contribution in [2.45, 2.75) is 25.5 Å². The third kappa shape index (κ3) is 4.19. The number of ether oxygens (including phenoxy) is 1. The van der Waals surface area contributed by atoms with E-state index in [4.69, 9.17) is 10.00 Å². The molecule has 0 heterocycles. The molecule has 0 saturated carbocycles. The van der Waals surface area contributed by atoms with Gasteiger partial charge in [0.2, 0.25) is 0 Å². The van der Waals surface area contributed by atoms with Crippen molar-refractivity contribution in [2.24, 2.45) is 0 Å². The lowest BCUT2D eigenvalue weighted by Crippen LogP contribution is -2.37. The van der Waals surface area contributed by atoms with Gasteiger partial charge in [0.25, 0.3) is 0 Å². The Morgan fingerprint density at radius 1 is 1.24 bits per heavy atom. The summed E-state index contributed by atoms with van der Waals surface area (Å²) in [6, 6.07) is 15.7. The molecule has 4 nitrogen and oxygen atoms in total. The van der Waals surface area contributed by atoms with Crippen LogP contribution < -0.4 is 10.1 Å². The average Bonchev–Trinajstić information content (AvgIpc) is 2.53. The van der Waals surface area contributed by atoms with E-state index in [9.17, 15) is 5.11 Å². The molecule has 2 atom stereocenters. The normalized spacial score (nSPS) is 13.6. The Morgan fingerprint density at radius 3 is 2.76 bits per heavy atom. The molecule has 0 saturated heterocycles. The van der Waals surface area contributed by atoms with Gasteiger partial charge >= 0.3 is 0 Å². The number of aliphatic hydroxyl groups excluding tert-OH is 1. The zero-order valence-electron chi connectivity index (χ0n) is 12.1. The highest BCUT2D eigenvalue weighted by Crippen LogP contribution is 2.25. The first-order chi connectivity index (χ1) is 10.2. The topological polar surface area (TPSA) is 65.3 Å². The first kappa shape index (κ1) is 15.3. The minimum absolute atomic E-state index is 0.197. The number of nitrogens with zero attached hydrogens (tertiary/aromatic N) is 1. The summed E-state index contributed by atoms with van der Waals surface area (Å²) in [6.45, 7) is 2.47. The van der Waals surface area contributed by atoms with Crippen LogP contribution in [-0.4, -0.2) is 30.4 Å². The zero-order chi connectivity index (χ0) is 15.1. The fourth-order valence-corrected chi connectivity index (χ4v) is 2.13. The van der Waals surface area contributed by atoms with E-state index in [0.29, 0.717) is 13.0 Å². The molecule has 0 aliphatic rings. The molecule has 0 amide bonds. The molecule has 2 aromatic carbocycles. The van der Waals surface area contributed by atoms with E-state index < -0.39 is 6.10 Å². The molecule has 2 unspecified atom stereocenters. The summed E-state index contributed by atoms with van der Waals surface area (Å²) in [5.74, 6) is 0.763. The first-order valence-electron chi connectivity index (χ1n) is 7.16. The molecule has 21 heavy (non-hydrogen) atoms. The summed E-state index contributed by atoms with van der Waals surface area (Å²) >= 11 is 0. The third-order valence-electron chi connectivity index (χ3n) is 3.34. The van der Waals surface area contributed by atoms with Crippen molar-refractivity contribution < 1.29 is 9.84 Å². The van der Waals surface area contributed by atoms with Gasteiger partial charge in [-0.25, -0.2) is 0 Å². The summed E-state index contributed by atoms with van der Waals surface area (Å²) in [5.41, 5.74) is 0. The van der Waals surface area contributed by atoms with E-state index in [-0.39, 0.29) is 12.6 Å². The van der Waals surface area contributed by atoms with Gasteiger partial charge in [-0.2, -0.15) is 5.26 Å². The lowest BCUT2D eigenvalue weighted by Gasteiger charge is -2.16. The van der Waals surface area contributed by atoms with Crippen molar-refractivity contribution in [3.8, 4) is 11.8 Å². The molecule has 0 bridgehead atoms. The Morgan fingerprint density at radius 2 is 2.00 bits per heavy atom. The predicted octanol–water partition coefficient (Wildman–Crippen LogP) is 2.47. The largest absolute Gasteiger partial charge is 0.490 e. The summed E-state index contributed by atoms with van der Waals surface area (Å²) in [7, 11) is 0. The third-order valence-corrected chi connectivity index (χ3v) is 3.34. The Bertz CT molecular complexity index is 616. The van der Waals surface area contributed by atoms with Crippen molar-refractivity contribution in [1.82, 2.24) is 5.32 Å². The molecule has 0 aliphatic heterocycles. The second kappa shape index (κ2) is 7.63. The van der Waals surface area contributed by atoms with E-state index in [1.807, 2.05) is 49.4 Å². The van der Waals surface area contributed by atoms with Crippen LogP contribution >= 0.6 is 0 Å². The van der Waals surface area contributed by atoms with Crippen molar-refractivity contribution in [2.75, 3.05) is 13.2 Å². The van der Waals surface area contributed by atoms with Crippen molar-refractivity contribution in [1.29, 1.82) is 5.26 Å². The highest BCUT2D eigenvalue weighted by atomic mass is 16.5. The monoisotopic (exact) mass is 284 g/mol. The van der Waals surface area contributed by atoms with Gasteiger partial charge in [0.1, 0.15) is 18.5 Å². The molecule has 2 aromatic rings. The van der Waals surface area contributed by atoms with E-state index in [1.54, 1.807) is 0 Å². The molecule has 0 aromatic heterocycles. The van der Waals surface area contributed by atoms with Crippen LogP contribution in [0.1, 0.15) is 13.3 Å². The fourth-order valence-electron chi connectivity index (χ4n) is 2.13. The van der Waals surface area contributed by atoms with E-state index in [2.05, 4.69) is 11.4 Å². The maximum absolute atomic E-state index is 9.93. The standard InChI is InChI=1S/C17H20N2O2/c1-2-14(10-18)19-11-15(20)12-21-17-9-5-7-13-6-3-4-8-16(13)17/h3-9,14-15,19-20H,2,11-12H2,1H3. The minimum Gasteiger partial charge on any atom is -0.490 e. The van der Waals surface area contributed by atoms with Gasteiger partial charge in [-0.15, -0.1) is 0 Å². The number of fused-ring (bicyclic) bond motifs is 1. The van der Waals surface area contributed by atoms with Crippen LogP contribution in [0.3, 0.4) is 0 Å². The fraction of sp³-hybridized carbons (Fsp3) is 0.353. The maximum atomic E-state index is 9.93. The summed E-state index contributed by atoms with van der Waals surface area (Å²) in [4.78, 5) is 0. The Hall–Kier alpha value is -2.09. The molecule has 2 N–H and O–H groups in total. The number of benzene rings is 2. The molecule has 0 spiro atoms. The van der Waals surface area contributed by atoms with Gasteiger partial charge < -0.3 is 9.84 Å². The van der Waals surface area contributed by atoms with E-state index >= 15 is 0 Å². The lowest BCUT2D eigenvalue weighted by atomic mass is 10.1. The molecule has 0 aliphatic carbocycles. The van der Waals surface area contributed by atoms with Crippen molar-refractivity contribution in [3.63, 3.8) is 0 Å². The van der Waals surface area contributed by atoms with Crippen LogP contribution in [0.4, 0.5) is 0 Å². The molecule has 4 heteroatoms. The Labute approximate surface area is 125 Å². The van der Waals surface area contributed by atoms with Gasteiger partial charge in [0.05, 0.1) is 12.1 Å². The van der Waals surface area contributed by atoms with Crippen LogP contribution in [0.25, 0.3) is 10.8 Å². The van der Waals surface area contributed by atoms with E-state index in [0.717, 1.165) is 16.5 Å². The SMILES string of the molecule is CCC(C#N)NCC(O)COc1cccc2ccccc12. The van der Waals surface area contributed by atoms with Crippen LogP contribution in [-0.2, 0) is 0 Å². The van der Waals surface area contributed by atoms with Gasteiger partial charge in [0.15, 0.2) is 0 Å². The zero-order valence-corrected chi connectivity index (χ0v) is 12.1. The predicted molar refractivity (Wildman–Crippen MR) is 83.1 cm³/mol. The Kier molecular flexibility index (Phi) is 5.56. The second-order valence-corrected chi connectivity index (χ2v) is 4.94. The van der Waals surface area contributed by atoms with Crippen LogP contribution in [0.2, 0.25) is 0 Å². The Balaban J connectivity index is 1.91. The summed E-state index contributed by atoms with van der Waals surface area (Å²) in [5, 5.41) is 23.9. The molecule has 0 fully saturated rings. The molecule has 0 radical (unpaired) electrons. The highest BCUT2D eigenvalue weighted by molar-refractivity contribution is 5.88. The number of aliphatic hydroxyl groups is 1. The quantitative estimate of drug-likeness (QED) is 0.819. The maximum Gasteiger partial charge on any atom is 0.127 e. The lowest BCUT2D eigenvalue weighted by molar-refractivity contribution is 0.106. The molecule has 2 rings (SSSR count).